The predicted molar refractivity (Wildman–Crippen MR) is 112 cm³/mol. The fourth-order valence-electron chi connectivity index (χ4n) is 4.57. The SMILES string of the molecule is CC[C@H](c1c[nH]c2cc(F)ccc12)[C@@H]1C(C)CCN1C(=O)C(CO)NC(=O)C(N)N. The first-order valence-corrected chi connectivity index (χ1v) is 10.3. The largest absolute Gasteiger partial charge is 0.394 e. The van der Waals surface area contributed by atoms with Gasteiger partial charge in [-0.2, -0.15) is 0 Å². The summed E-state index contributed by atoms with van der Waals surface area (Å²) < 4.78 is 13.6. The van der Waals surface area contributed by atoms with Crippen molar-refractivity contribution < 1.29 is 19.1 Å². The summed E-state index contributed by atoms with van der Waals surface area (Å²) in [5, 5.41) is 13.1. The number of carbonyl (C=O) groups is 2. The van der Waals surface area contributed by atoms with Crippen LogP contribution < -0.4 is 16.8 Å². The van der Waals surface area contributed by atoms with Gasteiger partial charge in [0.2, 0.25) is 5.91 Å². The molecule has 0 radical (unpaired) electrons. The summed E-state index contributed by atoms with van der Waals surface area (Å²) in [6.07, 6.45) is 2.19. The molecule has 8 nitrogen and oxygen atoms in total. The van der Waals surface area contributed by atoms with E-state index in [2.05, 4.69) is 24.1 Å². The van der Waals surface area contributed by atoms with Gasteiger partial charge in [-0.05, 0) is 42.5 Å². The summed E-state index contributed by atoms with van der Waals surface area (Å²) in [5.41, 5.74) is 12.5. The van der Waals surface area contributed by atoms with Gasteiger partial charge in [-0.1, -0.05) is 13.8 Å². The molecular formula is C21H30FN5O3. The number of aliphatic hydroxyl groups is 1. The lowest BCUT2D eigenvalue weighted by Gasteiger charge is -2.35. The Labute approximate surface area is 174 Å². The maximum absolute atomic E-state index is 13.6. The molecule has 7 N–H and O–H groups in total. The number of aliphatic hydroxyl groups excluding tert-OH is 1. The second kappa shape index (κ2) is 9.11. The molecular weight excluding hydrogens is 389 g/mol. The number of nitrogens with one attached hydrogen (secondary N) is 2. The minimum Gasteiger partial charge on any atom is -0.394 e. The van der Waals surface area contributed by atoms with Crippen molar-refractivity contribution in [2.24, 2.45) is 17.4 Å². The highest BCUT2D eigenvalue weighted by Gasteiger charge is 2.42. The highest BCUT2D eigenvalue weighted by atomic mass is 19.1. The molecule has 2 unspecified atom stereocenters. The number of nitrogens with two attached hydrogens (primary N) is 2. The number of benzene rings is 1. The zero-order valence-corrected chi connectivity index (χ0v) is 17.3. The van der Waals surface area contributed by atoms with E-state index in [0.717, 1.165) is 23.8 Å². The predicted octanol–water partition coefficient (Wildman–Crippen LogP) is 0.758. The number of fused-ring (bicyclic) bond motifs is 1. The summed E-state index contributed by atoms with van der Waals surface area (Å²) >= 11 is 0. The van der Waals surface area contributed by atoms with Crippen molar-refractivity contribution in [3.05, 3.63) is 35.8 Å². The molecule has 1 aliphatic rings. The van der Waals surface area contributed by atoms with Gasteiger partial charge in [-0.25, -0.2) is 4.39 Å². The monoisotopic (exact) mass is 419 g/mol. The number of aromatic amines is 1. The van der Waals surface area contributed by atoms with Crippen LogP contribution in [0.25, 0.3) is 10.9 Å². The Balaban J connectivity index is 1.91. The van der Waals surface area contributed by atoms with E-state index in [9.17, 15) is 19.1 Å². The van der Waals surface area contributed by atoms with Crippen LogP contribution in [0.5, 0.6) is 0 Å². The molecule has 1 fully saturated rings. The number of hydrogen-bond donors (Lipinski definition) is 5. The van der Waals surface area contributed by atoms with Crippen molar-refractivity contribution in [1.29, 1.82) is 0 Å². The van der Waals surface area contributed by atoms with Gasteiger partial charge in [0, 0.05) is 35.6 Å². The van der Waals surface area contributed by atoms with Crippen molar-refractivity contribution in [2.45, 2.75) is 50.9 Å². The smallest absolute Gasteiger partial charge is 0.252 e. The van der Waals surface area contributed by atoms with E-state index in [0.29, 0.717) is 12.1 Å². The van der Waals surface area contributed by atoms with E-state index in [-0.39, 0.29) is 29.6 Å². The summed E-state index contributed by atoms with van der Waals surface area (Å²) in [7, 11) is 0. The molecule has 2 heterocycles. The van der Waals surface area contributed by atoms with E-state index in [1.807, 2.05) is 6.20 Å². The average Bonchev–Trinajstić information content (AvgIpc) is 3.30. The average molecular weight is 420 g/mol. The molecule has 1 aromatic heterocycles. The molecule has 4 atom stereocenters. The zero-order valence-electron chi connectivity index (χ0n) is 17.3. The van der Waals surface area contributed by atoms with Crippen LogP contribution in [-0.4, -0.2) is 58.2 Å². The number of rotatable bonds is 7. The molecule has 2 aromatic rings. The first kappa shape index (κ1) is 22.2. The molecule has 0 spiro atoms. The number of hydrogen-bond acceptors (Lipinski definition) is 5. The Hall–Kier alpha value is -2.49. The van der Waals surface area contributed by atoms with Gasteiger partial charge in [0.05, 0.1) is 6.61 Å². The summed E-state index contributed by atoms with van der Waals surface area (Å²) in [5.74, 6) is -1.13. The maximum Gasteiger partial charge on any atom is 0.252 e. The Morgan fingerprint density at radius 1 is 1.40 bits per heavy atom. The van der Waals surface area contributed by atoms with E-state index < -0.39 is 24.7 Å². The summed E-state index contributed by atoms with van der Waals surface area (Å²) in [6, 6.07) is 3.42. The van der Waals surface area contributed by atoms with Crippen molar-refractivity contribution in [3.63, 3.8) is 0 Å². The quantitative estimate of drug-likeness (QED) is 0.422. The van der Waals surface area contributed by atoms with Crippen molar-refractivity contribution in [3.8, 4) is 0 Å². The van der Waals surface area contributed by atoms with E-state index in [1.165, 1.54) is 12.1 Å². The van der Waals surface area contributed by atoms with Gasteiger partial charge in [0.15, 0.2) is 0 Å². The topological polar surface area (TPSA) is 137 Å². The van der Waals surface area contributed by atoms with E-state index in [1.54, 1.807) is 11.0 Å². The third kappa shape index (κ3) is 4.19. The highest BCUT2D eigenvalue weighted by Crippen LogP contribution is 2.40. The van der Waals surface area contributed by atoms with Crippen LogP contribution in [0.3, 0.4) is 0 Å². The summed E-state index contributed by atoms with van der Waals surface area (Å²) in [6.45, 7) is 4.13. The fraction of sp³-hybridized carbons (Fsp3) is 0.524. The van der Waals surface area contributed by atoms with Crippen LogP contribution in [0.15, 0.2) is 24.4 Å². The van der Waals surface area contributed by atoms with Gasteiger partial charge >= 0.3 is 0 Å². The molecule has 1 aromatic carbocycles. The molecule has 164 valence electrons. The number of nitrogens with zero attached hydrogens (tertiary/aromatic N) is 1. The van der Waals surface area contributed by atoms with Crippen LogP contribution in [0.4, 0.5) is 4.39 Å². The zero-order chi connectivity index (χ0) is 22.0. The van der Waals surface area contributed by atoms with Gasteiger partial charge < -0.3 is 31.8 Å². The lowest BCUT2D eigenvalue weighted by Crippen LogP contribution is -2.57. The molecule has 30 heavy (non-hydrogen) atoms. The normalized spacial score (nSPS) is 21.2. The van der Waals surface area contributed by atoms with Crippen LogP contribution >= 0.6 is 0 Å². The standard InChI is InChI=1S/C21H30FN5O3/c1-3-13(15-9-25-16-8-12(22)4-5-14(15)16)18-11(2)6-7-27(18)21(30)17(10-28)26-20(29)19(23)24/h4-5,8-9,11,13,17-19,25,28H,3,6-7,10,23-24H2,1-2H3,(H,26,29)/t11?,13-,17?,18+/m1/s1. The van der Waals surface area contributed by atoms with Crippen LogP contribution in [0.1, 0.15) is 38.2 Å². The highest BCUT2D eigenvalue weighted by molar-refractivity contribution is 5.90. The lowest BCUT2D eigenvalue weighted by molar-refractivity contribution is -0.139. The molecule has 3 rings (SSSR count). The Bertz CT molecular complexity index is 915. The minimum absolute atomic E-state index is 0.0115. The van der Waals surface area contributed by atoms with Crippen LogP contribution in [0, 0.1) is 11.7 Å². The third-order valence-corrected chi connectivity index (χ3v) is 6.08. The van der Waals surface area contributed by atoms with Gasteiger partial charge in [-0.3, -0.25) is 9.59 Å². The Kier molecular flexibility index (Phi) is 6.74. The Morgan fingerprint density at radius 2 is 2.13 bits per heavy atom. The van der Waals surface area contributed by atoms with Crippen LogP contribution in [0.2, 0.25) is 0 Å². The third-order valence-electron chi connectivity index (χ3n) is 6.08. The molecule has 0 bridgehead atoms. The molecule has 2 amide bonds. The molecule has 9 heteroatoms. The van der Waals surface area contributed by atoms with E-state index in [4.69, 9.17) is 11.5 Å². The van der Waals surface area contributed by atoms with Crippen molar-refractivity contribution in [1.82, 2.24) is 15.2 Å². The number of H-pyrrole nitrogens is 1. The van der Waals surface area contributed by atoms with Gasteiger partial charge in [0.25, 0.3) is 5.91 Å². The van der Waals surface area contributed by atoms with Gasteiger partial charge in [0.1, 0.15) is 18.0 Å². The number of carbonyl (C=O) groups excluding carboxylic acids is 2. The lowest BCUT2D eigenvalue weighted by atomic mass is 9.83. The second-order valence-corrected chi connectivity index (χ2v) is 8.01. The first-order valence-electron chi connectivity index (χ1n) is 10.3. The second-order valence-electron chi connectivity index (χ2n) is 8.01. The maximum atomic E-state index is 13.6. The summed E-state index contributed by atoms with van der Waals surface area (Å²) in [4.78, 5) is 29.9. The van der Waals surface area contributed by atoms with Crippen molar-refractivity contribution >= 4 is 22.7 Å². The van der Waals surface area contributed by atoms with Crippen molar-refractivity contribution in [2.75, 3.05) is 13.2 Å². The first-order chi connectivity index (χ1) is 14.3. The number of halogens is 1. The minimum atomic E-state index is -1.27. The molecule has 1 saturated heterocycles. The van der Waals surface area contributed by atoms with Crippen LogP contribution in [-0.2, 0) is 9.59 Å². The number of likely N-dealkylation sites (tertiary alicyclic amines) is 1. The van der Waals surface area contributed by atoms with Gasteiger partial charge in [-0.15, -0.1) is 0 Å². The molecule has 0 aliphatic carbocycles. The number of amides is 2. The Morgan fingerprint density at radius 3 is 2.77 bits per heavy atom. The number of aromatic nitrogens is 1. The molecule has 1 aliphatic heterocycles. The van der Waals surface area contributed by atoms with E-state index >= 15 is 0 Å². The molecule has 0 saturated carbocycles. The fourth-order valence-corrected chi connectivity index (χ4v) is 4.57.